The predicted octanol–water partition coefficient (Wildman–Crippen LogP) is 2.41. The van der Waals surface area contributed by atoms with Gasteiger partial charge in [-0.2, -0.15) is 11.3 Å². The maximum atomic E-state index is 11.7. The largest absolute Gasteiger partial charge is 0.382 e. The molecule has 0 aliphatic heterocycles. The van der Waals surface area contributed by atoms with Crippen molar-refractivity contribution in [2.45, 2.75) is 38.7 Å². The van der Waals surface area contributed by atoms with Crippen molar-refractivity contribution in [3.63, 3.8) is 0 Å². The van der Waals surface area contributed by atoms with Crippen molar-refractivity contribution in [2.75, 3.05) is 0 Å². The van der Waals surface area contributed by atoms with Gasteiger partial charge in [0.15, 0.2) is 5.78 Å². The molecule has 14 heavy (non-hydrogen) atoms. The zero-order chi connectivity index (χ0) is 10.6. The first kappa shape index (κ1) is 11.4. The van der Waals surface area contributed by atoms with Crippen molar-refractivity contribution in [1.82, 2.24) is 0 Å². The summed E-state index contributed by atoms with van der Waals surface area (Å²) in [7, 11) is 0. The van der Waals surface area contributed by atoms with Crippen molar-refractivity contribution in [2.24, 2.45) is 0 Å². The van der Waals surface area contributed by atoms with E-state index in [0.717, 1.165) is 5.56 Å². The molecule has 0 unspecified atom stereocenters. The summed E-state index contributed by atoms with van der Waals surface area (Å²) >= 11 is 1.57. The highest BCUT2D eigenvalue weighted by atomic mass is 32.1. The summed E-state index contributed by atoms with van der Waals surface area (Å²) in [5, 5.41) is 13.8. The highest BCUT2D eigenvalue weighted by Crippen LogP contribution is 2.19. The molecule has 1 rings (SSSR count). The second-order valence-corrected chi connectivity index (χ2v) is 4.25. The second kappa shape index (κ2) is 4.71. The maximum Gasteiger partial charge on any atom is 0.168 e. The van der Waals surface area contributed by atoms with Gasteiger partial charge in [-0.3, -0.25) is 4.79 Å². The van der Waals surface area contributed by atoms with Crippen LogP contribution in [-0.2, 0) is 11.2 Å². The minimum atomic E-state index is -1.12. The van der Waals surface area contributed by atoms with Gasteiger partial charge in [0.1, 0.15) is 5.60 Å². The molecule has 0 fully saturated rings. The molecule has 1 aromatic heterocycles. The molecular formula is C11H16O2S. The van der Waals surface area contributed by atoms with E-state index in [9.17, 15) is 9.90 Å². The molecule has 0 bridgehead atoms. The lowest BCUT2D eigenvalue weighted by atomic mass is 9.89. The molecule has 0 atom stereocenters. The third-order valence-corrected chi connectivity index (χ3v) is 3.37. The molecule has 1 aromatic rings. The average molecular weight is 212 g/mol. The number of hydrogen-bond donors (Lipinski definition) is 1. The van der Waals surface area contributed by atoms with Crippen LogP contribution in [0.1, 0.15) is 32.3 Å². The van der Waals surface area contributed by atoms with Crippen molar-refractivity contribution >= 4 is 17.1 Å². The second-order valence-electron chi connectivity index (χ2n) is 3.47. The molecule has 0 aromatic carbocycles. The number of hydrogen-bond acceptors (Lipinski definition) is 3. The predicted molar refractivity (Wildman–Crippen MR) is 58.6 cm³/mol. The third kappa shape index (κ3) is 2.42. The summed E-state index contributed by atoms with van der Waals surface area (Å²) in [5.74, 6) is -0.0686. The van der Waals surface area contributed by atoms with Crippen LogP contribution in [0, 0.1) is 0 Å². The van der Waals surface area contributed by atoms with Gasteiger partial charge in [0, 0.05) is 6.42 Å². The Kier molecular flexibility index (Phi) is 3.84. The van der Waals surface area contributed by atoms with E-state index in [4.69, 9.17) is 0 Å². The Morgan fingerprint density at radius 1 is 1.50 bits per heavy atom. The fourth-order valence-electron chi connectivity index (χ4n) is 1.39. The van der Waals surface area contributed by atoms with Crippen molar-refractivity contribution in [1.29, 1.82) is 0 Å². The number of aliphatic hydroxyl groups is 1. The molecular weight excluding hydrogens is 196 g/mol. The molecule has 0 radical (unpaired) electrons. The van der Waals surface area contributed by atoms with Gasteiger partial charge in [-0.05, 0) is 35.2 Å². The van der Waals surface area contributed by atoms with Crippen molar-refractivity contribution < 1.29 is 9.90 Å². The number of thiophene rings is 1. The van der Waals surface area contributed by atoms with Gasteiger partial charge in [-0.25, -0.2) is 0 Å². The van der Waals surface area contributed by atoms with Crippen LogP contribution in [0.3, 0.4) is 0 Å². The van der Waals surface area contributed by atoms with E-state index in [1.165, 1.54) is 0 Å². The van der Waals surface area contributed by atoms with Crippen LogP contribution in [0.15, 0.2) is 16.8 Å². The third-order valence-electron chi connectivity index (χ3n) is 2.63. The summed E-state index contributed by atoms with van der Waals surface area (Å²) in [4.78, 5) is 11.7. The molecule has 78 valence electrons. The Hall–Kier alpha value is -0.670. The van der Waals surface area contributed by atoms with Gasteiger partial charge in [-0.15, -0.1) is 0 Å². The molecule has 0 saturated heterocycles. The van der Waals surface area contributed by atoms with E-state index < -0.39 is 5.60 Å². The number of carbonyl (C=O) groups excluding carboxylic acids is 1. The highest BCUT2D eigenvalue weighted by molar-refractivity contribution is 7.07. The Bertz CT molecular complexity index is 286. The van der Waals surface area contributed by atoms with E-state index in [-0.39, 0.29) is 5.78 Å². The number of Topliss-reactive ketones (excluding diaryl/α,β-unsaturated/α-hetero) is 1. The van der Waals surface area contributed by atoms with Gasteiger partial charge >= 0.3 is 0 Å². The fourth-order valence-corrected chi connectivity index (χ4v) is 2.06. The zero-order valence-electron chi connectivity index (χ0n) is 8.62. The Morgan fingerprint density at radius 3 is 2.57 bits per heavy atom. The van der Waals surface area contributed by atoms with Crippen molar-refractivity contribution in [3.8, 4) is 0 Å². The van der Waals surface area contributed by atoms with Gasteiger partial charge in [0.05, 0.1) is 0 Å². The smallest absolute Gasteiger partial charge is 0.168 e. The average Bonchev–Trinajstić information content (AvgIpc) is 2.69. The first-order chi connectivity index (χ1) is 6.62. The van der Waals surface area contributed by atoms with Crippen LogP contribution < -0.4 is 0 Å². The van der Waals surface area contributed by atoms with E-state index in [0.29, 0.717) is 19.3 Å². The summed E-state index contributed by atoms with van der Waals surface area (Å²) in [5.41, 5.74) is -0.123. The van der Waals surface area contributed by atoms with Crippen molar-refractivity contribution in [3.05, 3.63) is 22.4 Å². The van der Waals surface area contributed by atoms with E-state index in [1.807, 2.05) is 30.7 Å². The van der Waals surface area contributed by atoms with Crippen LogP contribution in [0.4, 0.5) is 0 Å². The normalized spacial score (nSPS) is 11.6. The molecule has 2 nitrogen and oxygen atoms in total. The van der Waals surface area contributed by atoms with Crippen LogP contribution >= 0.6 is 11.3 Å². The molecule has 3 heteroatoms. The molecule has 0 aliphatic carbocycles. The summed E-state index contributed by atoms with van der Waals surface area (Å²) in [6, 6.07) is 1.92. The zero-order valence-corrected chi connectivity index (χ0v) is 9.43. The van der Waals surface area contributed by atoms with E-state index in [2.05, 4.69) is 0 Å². The lowest BCUT2D eigenvalue weighted by Gasteiger charge is -2.23. The van der Waals surface area contributed by atoms with Gasteiger partial charge < -0.3 is 5.11 Å². The van der Waals surface area contributed by atoms with E-state index in [1.54, 1.807) is 11.3 Å². The Labute approximate surface area is 88.6 Å². The standard InChI is InChI=1S/C11H16O2S/c1-3-11(13,4-2)10(12)7-9-5-6-14-8-9/h5-6,8,13H,3-4,7H2,1-2H3. The number of rotatable bonds is 5. The molecule has 0 spiro atoms. The van der Waals surface area contributed by atoms with Crippen LogP contribution in [-0.4, -0.2) is 16.5 Å². The molecule has 0 saturated carbocycles. The lowest BCUT2D eigenvalue weighted by Crippen LogP contribution is -2.38. The SMILES string of the molecule is CCC(O)(CC)C(=O)Cc1ccsc1. The highest BCUT2D eigenvalue weighted by Gasteiger charge is 2.31. The molecule has 1 heterocycles. The first-order valence-corrected chi connectivity index (χ1v) is 5.83. The molecule has 1 N–H and O–H groups in total. The summed E-state index contributed by atoms with van der Waals surface area (Å²) < 4.78 is 0. The van der Waals surface area contributed by atoms with Gasteiger partial charge in [-0.1, -0.05) is 13.8 Å². The fraction of sp³-hybridized carbons (Fsp3) is 0.545. The maximum absolute atomic E-state index is 11.7. The van der Waals surface area contributed by atoms with Gasteiger partial charge in [0.2, 0.25) is 0 Å². The quantitative estimate of drug-likeness (QED) is 0.813. The van der Waals surface area contributed by atoms with Crippen LogP contribution in [0.5, 0.6) is 0 Å². The van der Waals surface area contributed by atoms with Crippen LogP contribution in [0.2, 0.25) is 0 Å². The lowest BCUT2D eigenvalue weighted by molar-refractivity contribution is -0.137. The Morgan fingerprint density at radius 2 is 2.14 bits per heavy atom. The van der Waals surface area contributed by atoms with E-state index >= 15 is 0 Å². The molecule has 0 amide bonds. The minimum absolute atomic E-state index is 0.0686. The first-order valence-electron chi connectivity index (χ1n) is 4.89. The molecule has 0 aliphatic rings. The monoisotopic (exact) mass is 212 g/mol. The summed E-state index contributed by atoms with van der Waals surface area (Å²) in [6.07, 6.45) is 1.33. The topological polar surface area (TPSA) is 37.3 Å². The number of ketones is 1. The Balaban J connectivity index is 2.66. The van der Waals surface area contributed by atoms with Crippen LogP contribution in [0.25, 0.3) is 0 Å². The minimum Gasteiger partial charge on any atom is -0.382 e. The number of carbonyl (C=O) groups is 1. The van der Waals surface area contributed by atoms with Gasteiger partial charge in [0.25, 0.3) is 0 Å². The summed E-state index contributed by atoms with van der Waals surface area (Å²) in [6.45, 7) is 3.68.